The number of rotatable bonds is 39. The first-order valence-electron chi connectivity index (χ1n) is 47.8. The Labute approximate surface area is 870 Å². The van der Waals surface area contributed by atoms with Crippen molar-refractivity contribution in [3.05, 3.63) is 142 Å². The predicted octanol–water partition coefficient (Wildman–Crippen LogP) is 12.6. The number of aliphatic hydroxyl groups is 2. The van der Waals surface area contributed by atoms with Crippen LogP contribution >= 0.6 is 0 Å². The van der Waals surface area contributed by atoms with E-state index in [1.807, 2.05) is 12.1 Å². The SMILES string of the molecule is CCCCCCCCCCCCCCCCCCN1CCOC(=O)Cc2cccc(n2)CC(=O)OCC1.CCCCCCCCCCCCCCCCCN1CCOC(=O)Cc2cccc(n2)CC(=O)OCC1.O=C1Cc2cccc(n2)CC(=O)OCCN(CC(=O)c2ccc(O)c(O)c2)CCO1.O=C1Cc2cccc(n2)CC(=O)OCCN(CC(O)CO)CCO1.[O]=[V].[O]=[V].[O]=[V].[O]=[V].[V].[V]. The van der Waals surface area contributed by atoms with Gasteiger partial charge in [-0.25, -0.2) is 0 Å². The minimum atomic E-state index is -0.903. The Bertz CT molecular complexity index is 3920. The maximum Gasteiger partial charge on any atom is 0 e. The molecular weight excluding hydrogens is 1990 g/mol. The predicted molar refractivity (Wildman–Crippen MR) is 484 cm³/mol. The van der Waals surface area contributed by atoms with Crippen LogP contribution in [0.25, 0.3) is 0 Å². The van der Waals surface area contributed by atoms with Crippen LogP contribution in [0.15, 0.2) is 91.0 Å². The Hall–Kier alpha value is -6.68. The van der Waals surface area contributed by atoms with Gasteiger partial charge in [-0.1, -0.05) is 224 Å². The summed E-state index contributed by atoms with van der Waals surface area (Å²) in [7, 11) is 0. The van der Waals surface area contributed by atoms with Crippen molar-refractivity contribution in [1.29, 1.82) is 0 Å². The summed E-state index contributed by atoms with van der Waals surface area (Å²) in [5, 5.41) is 37.5. The average molecular weight is 2140 g/mol. The smallest absolute Gasteiger partial charge is 0 e. The van der Waals surface area contributed by atoms with Crippen LogP contribution in [-0.4, -0.2) is 258 Å². The molecule has 9 rings (SSSR count). The second kappa shape index (κ2) is 88.3. The topological polar surface area (TPSA) is 441 Å². The van der Waals surface area contributed by atoms with E-state index < -0.39 is 30.0 Å². The number of benzene rings is 1. The molecule has 1 unspecified atom stereocenters. The van der Waals surface area contributed by atoms with E-state index in [2.05, 4.69) is 43.6 Å². The van der Waals surface area contributed by atoms with Gasteiger partial charge in [0.15, 0.2) is 17.3 Å². The molecule has 0 saturated heterocycles. The van der Waals surface area contributed by atoms with Crippen LogP contribution in [0.1, 0.15) is 269 Å². The van der Waals surface area contributed by atoms with Gasteiger partial charge in [0.1, 0.15) is 52.9 Å². The molecule has 39 heteroatoms. The summed E-state index contributed by atoms with van der Waals surface area (Å²) >= 11 is 4.25. The molecule has 4 aliphatic rings. The number of unbranched alkanes of at least 4 members (excludes halogenated alkanes) is 29. The van der Waals surface area contributed by atoms with Gasteiger partial charge in [-0.05, 0) is 92.7 Å². The molecule has 0 saturated carbocycles. The number of ketones is 1. The molecule has 4 N–H and O–H groups in total. The van der Waals surface area contributed by atoms with E-state index in [9.17, 15) is 58.5 Å². The number of pyridine rings is 4. The molecule has 4 aliphatic heterocycles. The molecule has 0 amide bonds. The minimum Gasteiger partial charge on any atom is 0 e. The zero-order valence-electron chi connectivity index (χ0n) is 80.3. The van der Waals surface area contributed by atoms with Crippen LogP contribution in [0.5, 0.6) is 11.5 Å². The van der Waals surface area contributed by atoms with E-state index in [1.54, 1.807) is 70.5 Å². The van der Waals surface area contributed by atoms with Gasteiger partial charge in [-0.3, -0.25) is 82.7 Å². The molecule has 137 heavy (non-hydrogen) atoms. The van der Waals surface area contributed by atoms with Crippen molar-refractivity contribution in [3.8, 4) is 11.5 Å². The van der Waals surface area contributed by atoms with E-state index in [1.165, 1.54) is 204 Å². The fourth-order valence-corrected chi connectivity index (χ4v) is 15.0. The molecule has 0 aliphatic carbocycles. The Morgan fingerprint density at radius 1 is 0.307 bits per heavy atom. The normalized spacial score (nSPS) is 15.4. The van der Waals surface area contributed by atoms with Gasteiger partial charge in [0, 0.05) is 102 Å². The van der Waals surface area contributed by atoms with Crippen LogP contribution in [0.4, 0.5) is 0 Å². The van der Waals surface area contributed by atoms with E-state index in [0.717, 1.165) is 95.4 Å². The van der Waals surface area contributed by atoms with Crippen LogP contribution in [-0.2, 0) is 249 Å². The summed E-state index contributed by atoms with van der Waals surface area (Å²) in [6.45, 7) is 11.9. The first kappa shape index (κ1) is 130. The molecule has 8 bridgehead atoms. The van der Waals surface area contributed by atoms with Gasteiger partial charge in [0.25, 0.3) is 0 Å². The van der Waals surface area contributed by atoms with Crippen molar-refractivity contribution in [1.82, 2.24) is 39.5 Å². The second-order valence-corrected chi connectivity index (χ2v) is 33.1. The van der Waals surface area contributed by atoms with Crippen molar-refractivity contribution in [3.63, 3.8) is 0 Å². The number of phenols is 2. The van der Waals surface area contributed by atoms with E-state index in [-0.39, 0.29) is 194 Å². The number of hydrogen-bond donors (Lipinski definition) is 4. The number of aliphatic hydroxyl groups excluding tert-OH is 2. The van der Waals surface area contributed by atoms with Gasteiger partial charge < -0.3 is 58.3 Å². The van der Waals surface area contributed by atoms with Crippen LogP contribution in [0.2, 0.25) is 0 Å². The monoisotopic (exact) mass is 2140 g/mol. The number of hydrogen-bond acceptors (Lipinski definition) is 33. The summed E-state index contributed by atoms with van der Waals surface area (Å²) in [5.41, 5.74) is 4.79. The molecule has 0 spiro atoms. The maximum absolute atomic E-state index is 12.5. The Kier molecular flexibility index (Phi) is 84.0. The summed E-state index contributed by atoms with van der Waals surface area (Å²) in [6, 6.07) is 24.8. The molecular formula is C98H146N8O25V6. The molecule has 5 aromatic rings. The summed E-state index contributed by atoms with van der Waals surface area (Å²) in [4.78, 5) is 134. The van der Waals surface area contributed by atoms with Gasteiger partial charge in [0.05, 0.1) is 116 Å². The number of fused-ring (bicyclic) bond motifs is 8. The van der Waals surface area contributed by atoms with E-state index in [0.29, 0.717) is 111 Å². The number of ether oxygens (including phenoxy) is 8. The molecule has 1 atom stereocenters. The van der Waals surface area contributed by atoms with Crippen LogP contribution < -0.4 is 0 Å². The summed E-state index contributed by atoms with van der Waals surface area (Å²) in [6.07, 6.45) is 41.7. The number of esters is 8. The minimum absolute atomic E-state index is 0. The molecule has 1 aromatic carbocycles. The quantitative estimate of drug-likeness (QED) is 0.00933. The zero-order valence-corrected chi connectivity index (χ0v) is 88.7. The first-order valence-corrected chi connectivity index (χ1v) is 50.1. The third-order valence-corrected chi connectivity index (χ3v) is 22.2. The number of carbonyl (C=O) groups is 9. The van der Waals surface area contributed by atoms with E-state index >= 15 is 0 Å². The molecule has 33 nitrogen and oxygen atoms in total. The number of aromatic hydroxyl groups is 2. The Balaban J connectivity index is 0.00000176. The Morgan fingerprint density at radius 3 is 0.723 bits per heavy atom. The molecule has 2 radical (unpaired) electrons. The second-order valence-electron chi connectivity index (χ2n) is 33.1. The van der Waals surface area contributed by atoms with Gasteiger partial charge >= 0.3 is 132 Å². The zero-order chi connectivity index (χ0) is 99.0. The van der Waals surface area contributed by atoms with Crippen molar-refractivity contribution in [2.45, 2.75) is 270 Å². The largest absolute Gasteiger partial charge is 0 e. The van der Waals surface area contributed by atoms with Gasteiger partial charge in [0.2, 0.25) is 0 Å². The molecule has 8 heterocycles. The fourth-order valence-electron chi connectivity index (χ4n) is 15.0. The van der Waals surface area contributed by atoms with Crippen LogP contribution in [0, 0.1) is 0 Å². The van der Waals surface area contributed by atoms with E-state index in [4.69, 9.17) is 57.7 Å². The number of Topliss-reactive ketones (excluding diaryl/α,β-unsaturated/α-hetero) is 1. The molecule has 4 aromatic heterocycles. The number of nitrogens with zero attached hydrogens (tertiary/aromatic N) is 8. The van der Waals surface area contributed by atoms with Gasteiger partial charge in [-0.15, -0.1) is 0 Å². The third kappa shape index (κ3) is 68.2. The number of phenolic OH excluding ortho intramolecular Hbond substituents is 2. The number of carbonyl (C=O) groups excluding carboxylic acids is 9. The number of β-amino-alcohol motifs (C(OH)–C–C–N with tert-alkyl or cyclic N) is 1. The molecule has 0 fully saturated rings. The number of aromatic nitrogens is 4. The van der Waals surface area contributed by atoms with Crippen molar-refractivity contribution in [2.24, 2.45) is 0 Å². The van der Waals surface area contributed by atoms with Crippen molar-refractivity contribution >= 4 is 53.5 Å². The summed E-state index contributed by atoms with van der Waals surface area (Å²) in [5.74, 6) is -3.80. The summed E-state index contributed by atoms with van der Waals surface area (Å²) < 4.78 is 75.3. The Morgan fingerprint density at radius 2 is 0.511 bits per heavy atom. The maximum atomic E-state index is 12.5. The first-order chi connectivity index (χ1) is 65.8. The third-order valence-electron chi connectivity index (χ3n) is 22.2. The van der Waals surface area contributed by atoms with Crippen molar-refractivity contribution in [2.75, 3.05) is 138 Å². The standard InChI is InChI=1S/C31H52N2O4.C30H50N2O4.C21H22N2O7.C16H22N2O6.4O.6V/c1-2-3-4-5-6-7-8-9-10-11-12-13-14-15-16-17-21-33-22-24-36-30(34)26-28-19-18-20-29(32-28)27-31(35)37-25-23-33;1-2-3-4-5-6-7-8-9-10-11-12-13-14-15-16-20-32-21-23-35-29(33)25-27-18-17-19-28(31-27)26-30(34)36-24-22-32;24-17-5-4-14(10-18(17)25)19(26)13-23-6-8-29-20(27)11-15-2-1-3-16(22-15)12-21(28)30-9-7-23;19-11-14(20)10-18-4-6-23-15(21)8-12-2-1-3-13(17-12)9-16(22)24-7-5-18;;;;;;;;;;/h18-20H,2-17,21-27H2,1H3;17-19H,2-16,20-26H2,1H3;1-5,10,24-25H,6-9,11-13H2;1-3,14,19-20H,4-11H2;;;;;;;;;;. The molecule has 758 valence electrons. The average Bonchev–Trinajstić information content (AvgIpc) is 0.834. The number of cyclic esters (lactones) is 8. The fraction of sp³-hybridized carbons (Fsp3) is 0.643. The van der Waals surface area contributed by atoms with Gasteiger partial charge in [-0.2, -0.15) is 0 Å². The van der Waals surface area contributed by atoms with Crippen molar-refractivity contribution < 1.29 is 223 Å². The van der Waals surface area contributed by atoms with Crippen LogP contribution in [0.3, 0.4) is 0 Å².